The van der Waals surface area contributed by atoms with Crippen molar-refractivity contribution < 1.29 is 19.1 Å². The van der Waals surface area contributed by atoms with E-state index in [1.165, 1.54) is 6.07 Å². The lowest BCUT2D eigenvalue weighted by Crippen LogP contribution is -2.38. The van der Waals surface area contributed by atoms with Crippen LogP contribution in [-0.2, 0) is 4.79 Å². The lowest BCUT2D eigenvalue weighted by atomic mass is 9.86. The van der Waals surface area contributed by atoms with E-state index in [1.807, 2.05) is 4.90 Å². The Bertz CT molecular complexity index is 621. The molecule has 0 unspecified atom stereocenters. The van der Waals surface area contributed by atoms with Crippen LogP contribution in [0.15, 0.2) is 18.2 Å². The number of aliphatic carboxylic acids is 1. The summed E-state index contributed by atoms with van der Waals surface area (Å²) >= 11 is 0. The second-order valence-electron chi connectivity index (χ2n) is 6.72. The van der Waals surface area contributed by atoms with Crippen molar-refractivity contribution >= 4 is 17.6 Å². The zero-order valence-electron chi connectivity index (χ0n) is 13.6. The second kappa shape index (κ2) is 7.20. The molecule has 1 aliphatic heterocycles. The highest BCUT2D eigenvalue weighted by atomic mass is 19.1. The first-order chi connectivity index (χ1) is 11.5. The molecule has 1 heterocycles. The van der Waals surface area contributed by atoms with Crippen LogP contribution in [0.3, 0.4) is 0 Å². The fourth-order valence-electron chi connectivity index (χ4n) is 3.62. The molecule has 1 aromatic carbocycles. The molecule has 2 N–H and O–H groups in total. The van der Waals surface area contributed by atoms with Crippen molar-refractivity contribution in [2.24, 2.45) is 5.92 Å². The Morgan fingerprint density at radius 1 is 1.12 bits per heavy atom. The number of carbonyl (C=O) groups excluding carboxylic acids is 1. The first-order valence-electron chi connectivity index (χ1n) is 8.63. The van der Waals surface area contributed by atoms with Gasteiger partial charge < -0.3 is 15.3 Å². The van der Waals surface area contributed by atoms with Crippen LogP contribution in [0.1, 0.15) is 48.9 Å². The third kappa shape index (κ3) is 3.68. The molecule has 0 radical (unpaired) electrons. The summed E-state index contributed by atoms with van der Waals surface area (Å²) < 4.78 is 14.3. The predicted octanol–water partition coefficient (Wildman–Crippen LogP) is 2.80. The Morgan fingerprint density at radius 3 is 2.38 bits per heavy atom. The number of carbonyl (C=O) groups is 2. The molecule has 130 valence electrons. The van der Waals surface area contributed by atoms with Gasteiger partial charge in [0, 0.05) is 24.7 Å². The molecule has 0 atom stereocenters. The fourth-order valence-corrected chi connectivity index (χ4v) is 3.62. The van der Waals surface area contributed by atoms with E-state index in [-0.39, 0.29) is 23.7 Å². The van der Waals surface area contributed by atoms with Gasteiger partial charge in [-0.3, -0.25) is 9.59 Å². The third-order valence-electron chi connectivity index (χ3n) is 5.07. The molecule has 0 bridgehead atoms. The average Bonchev–Trinajstić information content (AvgIpc) is 3.09. The Labute approximate surface area is 140 Å². The summed E-state index contributed by atoms with van der Waals surface area (Å²) in [6.07, 6.45) is 4.58. The van der Waals surface area contributed by atoms with Crippen LogP contribution in [-0.4, -0.2) is 36.1 Å². The monoisotopic (exact) mass is 334 g/mol. The molecular formula is C18H23FN2O3. The van der Waals surface area contributed by atoms with Crippen LogP contribution in [0.25, 0.3) is 0 Å². The van der Waals surface area contributed by atoms with Gasteiger partial charge in [-0.05, 0) is 56.7 Å². The van der Waals surface area contributed by atoms with Crippen molar-refractivity contribution in [3.8, 4) is 0 Å². The number of nitrogens with one attached hydrogen (secondary N) is 1. The Balaban J connectivity index is 1.59. The smallest absolute Gasteiger partial charge is 0.306 e. The van der Waals surface area contributed by atoms with E-state index >= 15 is 0 Å². The quantitative estimate of drug-likeness (QED) is 0.888. The summed E-state index contributed by atoms with van der Waals surface area (Å²) in [4.78, 5) is 25.3. The minimum absolute atomic E-state index is 0.0329. The lowest BCUT2D eigenvalue weighted by Gasteiger charge is -2.27. The standard InChI is InChI=1S/C18H23FN2O3/c19-15-11-13(5-8-16(15)21-9-1-2-10-21)17(22)20-14-6-3-12(4-7-14)18(23)24/h5,8,11-12,14H,1-4,6-7,9-10H2,(H,20,22)(H,23,24). The SMILES string of the molecule is O=C(NC1CCC(C(=O)O)CC1)c1ccc(N2CCCC2)c(F)c1. The van der Waals surface area contributed by atoms with E-state index in [2.05, 4.69) is 5.32 Å². The minimum Gasteiger partial charge on any atom is -0.481 e. The second-order valence-corrected chi connectivity index (χ2v) is 6.72. The summed E-state index contributed by atoms with van der Waals surface area (Å²) in [7, 11) is 0. The minimum atomic E-state index is -0.764. The van der Waals surface area contributed by atoms with Gasteiger partial charge in [-0.2, -0.15) is 0 Å². The van der Waals surface area contributed by atoms with Crippen LogP contribution in [0, 0.1) is 11.7 Å². The molecule has 1 aliphatic carbocycles. The molecule has 1 aromatic rings. The molecule has 2 aliphatic rings. The molecule has 1 amide bonds. The van der Waals surface area contributed by atoms with Gasteiger partial charge in [0.2, 0.25) is 0 Å². The molecule has 5 nitrogen and oxygen atoms in total. The molecule has 1 saturated heterocycles. The molecule has 1 saturated carbocycles. The normalized spacial score (nSPS) is 24.0. The number of nitrogens with zero attached hydrogens (tertiary/aromatic N) is 1. The predicted molar refractivity (Wildman–Crippen MR) is 88.7 cm³/mol. The fraction of sp³-hybridized carbons (Fsp3) is 0.556. The highest BCUT2D eigenvalue weighted by Gasteiger charge is 2.27. The zero-order chi connectivity index (χ0) is 17.1. The van der Waals surface area contributed by atoms with Gasteiger partial charge in [0.1, 0.15) is 5.82 Å². The summed E-state index contributed by atoms with van der Waals surface area (Å²) in [6, 6.07) is 4.60. The Hall–Kier alpha value is -2.11. The van der Waals surface area contributed by atoms with Crippen molar-refractivity contribution in [2.75, 3.05) is 18.0 Å². The Morgan fingerprint density at radius 2 is 1.79 bits per heavy atom. The van der Waals surface area contributed by atoms with Crippen molar-refractivity contribution in [2.45, 2.75) is 44.6 Å². The molecule has 2 fully saturated rings. The van der Waals surface area contributed by atoms with Crippen LogP contribution >= 0.6 is 0 Å². The van der Waals surface area contributed by atoms with E-state index in [4.69, 9.17) is 5.11 Å². The van der Waals surface area contributed by atoms with Crippen LogP contribution in [0.4, 0.5) is 10.1 Å². The maximum Gasteiger partial charge on any atom is 0.306 e. The number of amides is 1. The van der Waals surface area contributed by atoms with E-state index < -0.39 is 5.97 Å². The van der Waals surface area contributed by atoms with E-state index in [0.717, 1.165) is 25.9 Å². The zero-order valence-corrected chi connectivity index (χ0v) is 13.6. The number of carboxylic acids is 1. The first-order valence-corrected chi connectivity index (χ1v) is 8.63. The van der Waals surface area contributed by atoms with E-state index in [0.29, 0.717) is 36.9 Å². The van der Waals surface area contributed by atoms with Crippen LogP contribution in [0.2, 0.25) is 0 Å². The maximum absolute atomic E-state index is 14.3. The van der Waals surface area contributed by atoms with Crippen molar-refractivity contribution in [3.63, 3.8) is 0 Å². The van der Waals surface area contributed by atoms with Gasteiger partial charge in [-0.25, -0.2) is 4.39 Å². The van der Waals surface area contributed by atoms with Crippen molar-refractivity contribution in [3.05, 3.63) is 29.6 Å². The van der Waals surface area contributed by atoms with Crippen molar-refractivity contribution in [1.82, 2.24) is 5.32 Å². The third-order valence-corrected chi connectivity index (χ3v) is 5.07. The van der Waals surface area contributed by atoms with E-state index in [1.54, 1.807) is 12.1 Å². The average molecular weight is 334 g/mol. The summed E-state index contributed by atoms with van der Waals surface area (Å²) in [5.41, 5.74) is 0.877. The van der Waals surface area contributed by atoms with Gasteiger partial charge in [0.15, 0.2) is 0 Å². The summed E-state index contributed by atoms with van der Waals surface area (Å²) in [6.45, 7) is 1.71. The number of carboxylic acid groups (broad SMARTS) is 1. The Kier molecular flexibility index (Phi) is 5.02. The first kappa shape index (κ1) is 16.7. The van der Waals surface area contributed by atoms with Gasteiger partial charge in [0.05, 0.1) is 11.6 Å². The number of rotatable bonds is 4. The molecule has 0 spiro atoms. The molecule has 6 heteroatoms. The number of hydrogen-bond donors (Lipinski definition) is 2. The topological polar surface area (TPSA) is 69.6 Å². The summed E-state index contributed by atoms with van der Waals surface area (Å²) in [5, 5.41) is 11.9. The van der Waals surface area contributed by atoms with Gasteiger partial charge in [-0.15, -0.1) is 0 Å². The highest BCUT2D eigenvalue weighted by molar-refractivity contribution is 5.94. The van der Waals surface area contributed by atoms with Crippen molar-refractivity contribution in [1.29, 1.82) is 0 Å². The van der Waals surface area contributed by atoms with Gasteiger partial charge >= 0.3 is 5.97 Å². The lowest BCUT2D eigenvalue weighted by molar-refractivity contribution is -0.142. The molecule has 3 rings (SSSR count). The van der Waals surface area contributed by atoms with Crippen LogP contribution < -0.4 is 10.2 Å². The summed E-state index contributed by atoms with van der Waals surface area (Å²) in [5.74, 6) is -1.73. The van der Waals surface area contributed by atoms with Gasteiger partial charge in [0.25, 0.3) is 5.91 Å². The van der Waals surface area contributed by atoms with E-state index in [9.17, 15) is 14.0 Å². The van der Waals surface area contributed by atoms with Crippen LogP contribution in [0.5, 0.6) is 0 Å². The number of halogens is 1. The van der Waals surface area contributed by atoms with Gasteiger partial charge in [-0.1, -0.05) is 0 Å². The number of anilines is 1. The molecule has 24 heavy (non-hydrogen) atoms. The number of hydrogen-bond acceptors (Lipinski definition) is 3. The highest BCUT2D eigenvalue weighted by Crippen LogP contribution is 2.26. The molecular weight excluding hydrogens is 311 g/mol. The molecule has 0 aromatic heterocycles. The largest absolute Gasteiger partial charge is 0.481 e. The number of benzene rings is 1. The maximum atomic E-state index is 14.3.